The van der Waals surface area contributed by atoms with Crippen LogP contribution in [0.2, 0.25) is 0 Å². The Bertz CT molecular complexity index is 606. The molecule has 1 heterocycles. The summed E-state index contributed by atoms with van der Waals surface area (Å²) in [7, 11) is 0. The quantitative estimate of drug-likeness (QED) is 0.449. The van der Waals surface area contributed by atoms with Crippen LogP contribution >= 0.6 is 11.8 Å². The van der Waals surface area contributed by atoms with Gasteiger partial charge in [0.15, 0.2) is 0 Å². The highest BCUT2D eigenvalue weighted by atomic mass is 32.2. The molecule has 6 heteroatoms. The Morgan fingerprint density at radius 2 is 2.00 bits per heavy atom. The van der Waals surface area contributed by atoms with Crippen LogP contribution in [0, 0.1) is 0 Å². The molecule has 0 spiro atoms. The molecule has 0 aliphatic heterocycles. The van der Waals surface area contributed by atoms with Gasteiger partial charge in [-0.3, -0.25) is 4.79 Å². The zero-order chi connectivity index (χ0) is 15.2. The van der Waals surface area contributed by atoms with Crippen molar-refractivity contribution in [3.8, 4) is 0 Å². The van der Waals surface area contributed by atoms with E-state index in [-0.39, 0.29) is 5.91 Å². The number of aromatic nitrogens is 1. The summed E-state index contributed by atoms with van der Waals surface area (Å²) in [6.45, 7) is 1.98. The summed E-state index contributed by atoms with van der Waals surface area (Å²) in [5, 5.41) is 2.87. The minimum atomic E-state index is -0.180. The summed E-state index contributed by atoms with van der Waals surface area (Å²) in [6.07, 6.45) is 2.75. The molecular weight excluding hydrogens is 284 g/mol. The summed E-state index contributed by atoms with van der Waals surface area (Å²) < 4.78 is 0. The number of nitrogens with one attached hydrogen (secondary N) is 2. The third-order valence-corrected chi connectivity index (χ3v) is 3.74. The number of hydrogen-bond donors (Lipinski definition) is 3. The zero-order valence-corrected chi connectivity index (χ0v) is 12.8. The molecule has 0 unspecified atom stereocenters. The molecule has 110 valence electrons. The summed E-state index contributed by atoms with van der Waals surface area (Å²) in [6, 6.07) is 11.1. The maximum absolute atomic E-state index is 12.3. The predicted molar refractivity (Wildman–Crippen MR) is 87.6 cm³/mol. The number of anilines is 2. The van der Waals surface area contributed by atoms with E-state index < -0.39 is 0 Å². The van der Waals surface area contributed by atoms with Crippen molar-refractivity contribution in [2.75, 3.05) is 17.0 Å². The van der Waals surface area contributed by atoms with E-state index >= 15 is 0 Å². The third-order valence-electron chi connectivity index (χ3n) is 3.00. The molecule has 1 aromatic heterocycles. The monoisotopic (exact) mass is 302 g/mol. The number of pyridine rings is 1. The van der Waals surface area contributed by atoms with Crippen LogP contribution in [0.15, 0.2) is 41.3 Å². The lowest BCUT2D eigenvalue weighted by molar-refractivity contribution is 0.102. The van der Waals surface area contributed by atoms with Crippen LogP contribution in [-0.4, -0.2) is 17.1 Å². The summed E-state index contributed by atoms with van der Waals surface area (Å²) in [5.41, 5.74) is 4.59. The normalized spacial score (nSPS) is 10.2. The SMILES string of the molecule is CCc1cc(C(=O)Nc2ccc(SC)cc2)cc(NN)n1. The van der Waals surface area contributed by atoms with E-state index in [4.69, 9.17) is 5.84 Å². The average molecular weight is 302 g/mol. The Kier molecular flexibility index (Phi) is 5.19. The molecule has 0 atom stereocenters. The molecule has 1 aromatic carbocycles. The Balaban J connectivity index is 2.18. The van der Waals surface area contributed by atoms with Gasteiger partial charge < -0.3 is 10.7 Å². The molecule has 2 rings (SSSR count). The number of benzene rings is 1. The van der Waals surface area contributed by atoms with Crippen molar-refractivity contribution < 1.29 is 4.79 Å². The van der Waals surface area contributed by atoms with E-state index in [1.54, 1.807) is 23.9 Å². The van der Waals surface area contributed by atoms with Crippen molar-refractivity contribution in [2.24, 2.45) is 5.84 Å². The average Bonchev–Trinajstić information content (AvgIpc) is 2.54. The van der Waals surface area contributed by atoms with Crippen molar-refractivity contribution in [3.05, 3.63) is 47.7 Å². The number of carbonyl (C=O) groups is 1. The number of hydrazine groups is 1. The lowest BCUT2D eigenvalue weighted by Crippen LogP contribution is -2.15. The first-order valence-corrected chi connectivity index (χ1v) is 7.81. The van der Waals surface area contributed by atoms with Crippen molar-refractivity contribution in [1.82, 2.24) is 4.98 Å². The Labute approximate surface area is 128 Å². The van der Waals surface area contributed by atoms with Gasteiger partial charge in [0.2, 0.25) is 0 Å². The van der Waals surface area contributed by atoms with Crippen LogP contribution < -0.4 is 16.6 Å². The van der Waals surface area contributed by atoms with Gasteiger partial charge in [-0.05, 0) is 49.1 Å². The Morgan fingerprint density at radius 3 is 2.57 bits per heavy atom. The van der Waals surface area contributed by atoms with E-state index in [0.29, 0.717) is 11.4 Å². The molecule has 0 saturated carbocycles. The highest BCUT2D eigenvalue weighted by Gasteiger charge is 2.09. The molecule has 0 fully saturated rings. The van der Waals surface area contributed by atoms with Crippen LogP contribution in [0.5, 0.6) is 0 Å². The van der Waals surface area contributed by atoms with Gasteiger partial charge in [-0.25, -0.2) is 10.8 Å². The van der Waals surface area contributed by atoms with Gasteiger partial charge in [0, 0.05) is 21.8 Å². The molecule has 0 bridgehead atoms. The molecule has 4 N–H and O–H groups in total. The number of hydrogen-bond acceptors (Lipinski definition) is 5. The molecule has 0 aliphatic carbocycles. The second-order valence-corrected chi connectivity index (χ2v) is 5.29. The minimum absolute atomic E-state index is 0.180. The molecule has 5 nitrogen and oxygen atoms in total. The third kappa shape index (κ3) is 3.96. The standard InChI is InChI=1S/C15H18N4OS/c1-3-11-8-10(9-14(17-11)19-16)15(20)18-12-4-6-13(21-2)7-5-12/h4-9H,3,16H2,1-2H3,(H,17,19)(H,18,20). The number of nitrogens with zero attached hydrogens (tertiary/aromatic N) is 1. The van der Waals surface area contributed by atoms with E-state index in [0.717, 1.165) is 22.7 Å². The number of carbonyl (C=O) groups excluding carboxylic acids is 1. The van der Waals surface area contributed by atoms with Gasteiger partial charge >= 0.3 is 0 Å². The van der Waals surface area contributed by atoms with E-state index in [9.17, 15) is 4.79 Å². The van der Waals surface area contributed by atoms with Gasteiger partial charge in [0.25, 0.3) is 5.91 Å². The number of nitrogen functional groups attached to an aromatic ring is 1. The fourth-order valence-corrected chi connectivity index (χ4v) is 2.26. The van der Waals surface area contributed by atoms with Crippen molar-refractivity contribution in [2.45, 2.75) is 18.2 Å². The number of aryl methyl sites for hydroxylation is 1. The summed E-state index contributed by atoms with van der Waals surface area (Å²) in [5.74, 6) is 5.68. The van der Waals surface area contributed by atoms with Gasteiger partial charge in [-0.15, -0.1) is 11.8 Å². The molecule has 1 amide bonds. The lowest BCUT2D eigenvalue weighted by atomic mass is 10.1. The maximum Gasteiger partial charge on any atom is 0.255 e. The first kappa shape index (κ1) is 15.3. The summed E-state index contributed by atoms with van der Waals surface area (Å²) >= 11 is 1.66. The fourth-order valence-electron chi connectivity index (χ4n) is 1.85. The second-order valence-electron chi connectivity index (χ2n) is 4.41. The van der Waals surface area contributed by atoms with Gasteiger partial charge in [-0.2, -0.15) is 0 Å². The minimum Gasteiger partial charge on any atom is -0.322 e. The number of nitrogens with two attached hydrogens (primary N) is 1. The van der Waals surface area contributed by atoms with Gasteiger partial charge in [0.1, 0.15) is 5.82 Å². The largest absolute Gasteiger partial charge is 0.322 e. The first-order chi connectivity index (χ1) is 10.2. The smallest absolute Gasteiger partial charge is 0.255 e. The second kappa shape index (κ2) is 7.10. The number of thioether (sulfide) groups is 1. The Morgan fingerprint density at radius 1 is 1.29 bits per heavy atom. The predicted octanol–water partition coefficient (Wildman–Crippen LogP) is 2.90. The van der Waals surface area contributed by atoms with Crippen LogP contribution in [0.4, 0.5) is 11.5 Å². The first-order valence-electron chi connectivity index (χ1n) is 6.59. The van der Waals surface area contributed by atoms with Crippen LogP contribution in [0.3, 0.4) is 0 Å². The number of rotatable bonds is 5. The van der Waals surface area contributed by atoms with Crippen LogP contribution in [0.1, 0.15) is 23.0 Å². The zero-order valence-electron chi connectivity index (χ0n) is 12.0. The highest BCUT2D eigenvalue weighted by molar-refractivity contribution is 7.98. The highest BCUT2D eigenvalue weighted by Crippen LogP contribution is 2.18. The summed E-state index contributed by atoms with van der Waals surface area (Å²) in [4.78, 5) is 17.7. The number of amides is 1. The lowest BCUT2D eigenvalue weighted by Gasteiger charge is -2.09. The van der Waals surface area contributed by atoms with Crippen molar-refractivity contribution >= 4 is 29.2 Å². The van der Waals surface area contributed by atoms with Crippen molar-refractivity contribution in [1.29, 1.82) is 0 Å². The molecule has 21 heavy (non-hydrogen) atoms. The van der Waals surface area contributed by atoms with E-state index in [1.807, 2.05) is 37.4 Å². The molecule has 0 saturated heterocycles. The molecule has 2 aromatic rings. The van der Waals surface area contributed by atoms with E-state index in [2.05, 4.69) is 15.7 Å². The van der Waals surface area contributed by atoms with Crippen LogP contribution in [-0.2, 0) is 6.42 Å². The van der Waals surface area contributed by atoms with E-state index in [1.165, 1.54) is 0 Å². The topological polar surface area (TPSA) is 80.0 Å². The molecular formula is C15H18N4OS. The van der Waals surface area contributed by atoms with Gasteiger partial charge in [0.05, 0.1) is 0 Å². The van der Waals surface area contributed by atoms with Crippen molar-refractivity contribution in [3.63, 3.8) is 0 Å². The van der Waals surface area contributed by atoms with Gasteiger partial charge in [-0.1, -0.05) is 6.92 Å². The fraction of sp³-hybridized carbons (Fsp3) is 0.200. The maximum atomic E-state index is 12.3. The molecule has 0 aliphatic rings. The Hall–Kier alpha value is -2.05. The van der Waals surface area contributed by atoms with Crippen LogP contribution in [0.25, 0.3) is 0 Å². The molecule has 0 radical (unpaired) electrons.